The number of hydrogen-bond acceptors (Lipinski definition) is 8. The molecule has 9 heteroatoms. The van der Waals surface area contributed by atoms with E-state index in [1.165, 1.54) is 31.8 Å². The van der Waals surface area contributed by atoms with E-state index in [1.807, 2.05) is 0 Å². The summed E-state index contributed by atoms with van der Waals surface area (Å²) >= 11 is 1.17. The van der Waals surface area contributed by atoms with Crippen LogP contribution in [-0.4, -0.2) is 46.8 Å². The maximum atomic E-state index is 12.3. The van der Waals surface area contributed by atoms with Crippen molar-refractivity contribution in [3.63, 3.8) is 0 Å². The Labute approximate surface area is 155 Å². The number of Topliss-reactive ketones (excluding diaryl/α,β-unsaturated/α-hetero) is 1. The number of ketones is 1. The van der Waals surface area contributed by atoms with Crippen LogP contribution in [0.3, 0.4) is 0 Å². The van der Waals surface area contributed by atoms with Crippen molar-refractivity contribution in [1.29, 1.82) is 0 Å². The van der Waals surface area contributed by atoms with Gasteiger partial charge in [-0.25, -0.2) is 0 Å². The first-order valence-electron chi connectivity index (χ1n) is 8.49. The summed E-state index contributed by atoms with van der Waals surface area (Å²) in [6.45, 7) is 3.45. The molecule has 3 heterocycles. The zero-order valence-corrected chi connectivity index (χ0v) is 15.6. The molecule has 0 radical (unpaired) electrons. The highest BCUT2D eigenvalue weighted by Gasteiger charge is 2.17. The summed E-state index contributed by atoms with van der Waals surface area (Å²) in [5.41, 5.74) is 0. The molecule has 1 saturated heterocycles. The lowest BCUT2D eigenvalue weighted by molar-refractivity contribution is 0.0953. The number of nitrogens with zero attached hydrogens (tertiary/aromatic N) is 4. The highest BCUT2D eigenvalue weighted by Crippen LogP contribution is 2.19. The third-order valence-electron chi connectivity index (χ3n) is 4.05. The van der Waals surface area contributed by atoms with E-state index < -0.39 is 0 Å². The molecule has 0 bridgehead atoms. The van der Waals surface area contributed by atoms with Crippen LogP contribution in [0.15, 0.2) is 12.1 Å². The van der Waals surface area contributed by atoms with Crippen molar-refractivity contribution in [2.45, 2.75) is 32.7 Å². The minimum Gasteiger partial charge on any atom is -0.467 e. The lowest BCUT2D eigenvalue weighted by atomic mass is 10.1. The van der Waals surface area contributed by atoms with Crippen LogP contribution in [0, 0.1) is 0 Å². The number of nitrogens with one attached hydrogen (secondary N) is 1. The molecular formula is C17H21N5O3S. The smallest absolute Gasteiger partial charge is 0.321 e. The Bertz CT molecular complexity index is 801. The topological polar surface area (TPSA) is 97.3 Å². The number of carbonyl (C=O) groups excluding carboxylic acids is 2. The molecule has 1 amide bonds. The van der Waals surface area contributed by atoms with Gasteiger partial charge in [0.25, 0.3) is 5.91 Å². The molecule has 0 unspecified atom stereocenters. The Kier molecular flexibility index (Phi) is 5.77. The number of anilines is 1. The molecule has 2 aromatic rings. The second kappa shape index (κ2) is 8.22. The van der Waals surface area contributed by atoms with Crippen LogP contribution in [-0.2, 0) is 6.54 Å². The third kappa shape index (κ3) is 4.34. The van der Waals surface area contributed by atoms with Crippen LogP contribution in [0.25, 0.3) is 0 Å². The van der Waals surface area contributed by atoms with Gasteiger partial charge in [0.2, 0.25) is 5.95 Å². The Morgan fingerprint density at radius 3 is 2.54 bits per heavy atom. The minimum absolute atomic E-state index is 0.0533. The first-order valence-corrected chi connectivity index (χ1v) is 9.31. The van der Waals surface area contributed by atoms with Crippen molar-refractivity contribution >= 4 is 29.0 Å². The molecule has 0 atom stereocenters. The summed E-state index contributed by atoms with van der Waals surface area (Å²) in [4.78, 5) is 39.8. The van der Waals surface area contributed by atoms with E-state index in [1.54, 1.807) is 12.1 Å². The number of carbonyl (C=O) groups is 2. The monoisotopic (exact) mass is 375 g/mol. The second-order valence-electron chi connectivity index (χ2n) is 5.99. The number of aromatic nitrogens is 3. The number of hydrogen-bond donors (Lipinski definition) is 1. The first-order chi connectivity index (χ1) is 12.6. The fourth-order valence-electron chi connectivity index (χ4n) is 2.69. The fourth-order valence-corrected chi connectivity index (χ4v) is 3.51. The van der Waals surface area contributed by atoms with E-state index >= 15 is 0 Å². The van der Waals surface area contributed by atoms with Gasteiger partial charge in [0.05, 0.1) is 23.4 Å². The average Bonchev–Trinajstić information content (AvgIpc) is 3.17. The zero-order valence-electron chi connectivity index (χ0n) is 14.8. The fraction of sp³-hybridized carbons (Fsp3) is 0.471. The lowest BCUT2D eigenvalue weighted by Gasteiger charge is -2.26. The molecular weight excluding hydrogens is 354 g/mol. The van der Waals surface area contributed by atoms with Crippen LogP contribution in [0.1, 0.15) is 51.4 Å². The van der Waals surface area contributed by atoms with Crippen molar-refractivity contribution in [1.82, 2.24) is 20.3 Å². The number of ether oxygens (including phenoxy) is 1. The molecule has 0 spiro atoms. The molecule has 1 N–H and O–H groups in total. The SMILES string of the molecule is COc1nc(CNC(=O)c2ccc(C(C)=O)s2)nc(N2CCCCC2)n1. The summed E-state index contributed by atoms with van der Waals surface area (Å²) < 4.78 is 5.17. The Balaban J connectivity index is 1.69. The molecule has 0 saturated carbocycles. The molecule has 2 aromatic heterocycles. The minimum atomic E-state index is -0.263. The Morgan fingerprint density at radius 2 is 1.88 bits per heavy atom. The third-order valence-corrected chi connectivity index (χ3v) is 5.24. The molecule has 0 aliphatic carbocycles. The summed E-state index contributed by atoms with van der Waals surface area (Å²) in [6, 6.07) is 3.53. The van der Waals surface area contributed by atoms with E-state index in [0.29, 0.717) is 21.5 Å². The second-order valence-corrected chi connectivity index (χ2v) is 7.07. The lowest BCUT2D eigenvalue weighted by Crippen LogP contribution is -2.32. The van der Waals surface area contributed by atoms with Gasteiger partial charge in [-0.1, -0.05) is 0 Å². The molecule has 138 valence electrons. The molecule has 0 aromatic carbocycles. The van der Waals surface area contributed by atoms with Gasteiger partial charge in [-0.3, -0.25) is 9.59 Å². The maximum absolute atomic E-state index is 12.3. The summed E-state index contributed by atoms with van der Waals surface area (Å²) in [5, 5.41) is 2.78. The van der Waals surface area contributed by atoms with Crippen LogP contribution in [0.4, 0.5) is 5.95 Å². The van der Waals surface area contributed by atoms with Gasteiger partial charge in [-0.05, 0) is 38.3 Å². The number of amides is 1. The number of thiophene rings is 1. The maximum Gasteiger partial charge on any atom is 0.321 e. The highest BCUT2D eigenvalue weighted by atomic mass is 32.1. The van der Waals surface area contributed by atoms with Gasteiger partial charge in [0, 0.05) is 13.1 Å². The van der Waals surface area contributed by atoms with Crippen molar-refractivity contribution in [2.24, 2.45) is 0 Å². The summed E-state index contributed by atoms with van der Waals surface area (Å²) in [6.07, 6.45) is 3.43. The highest BCUT2D eigenvalue weighted by molar-refractivity contribution is 7.15. The van der Waals surface area contributed by atoms with Crippen LogP contribution in [0.5, 0.6) is 6.01 Å². The predicted molar refractivity (Wildman–Crippen MR) is 97.9 cm³/mol. The molecule has 26 heavy (non-hydrogen) atoms. The zero-order chi connectivity index (χ0) is 18.5. The summed E-state index contributed by atoms with van der Waals surface area (Å²) in [7, 11) is 1.51. The Hall–Kier alpha value is -2.55. The normalized spacial score (nSPS) is 14.2. The molecule has 1 aliphatic heterocycles. The summed E-state index contributed by atoms with van der Waals surface area (Å²) in [5.74, 6) is 0.703. The largest absolute Gasteiger partial charge is 0.467 e. The van der Waals surface area contributed by atoms with Gasteiger partial charge in [0.15, 0.2) is 11.6 Å². The van der Waals surface area contributed by atoms with Crippen molar-refractivity contribution in [2.75, 3.05) is 25.1 Å². The van der Waals surface area contributed by atoms with Gasteiger partial charge in [-0.15, -0.1) is 11.3 Å². The number of piperidine rings is 1. The standard InChI is InChI=1S/C17H21N5O3S/c1-11(23)12-6-7-13(26-12)15(24)18-10-14-19-16(21-17(20-14)25-2)22-8-4-3-5-9-22/h6-7H,3-5,8-10H2,1-2H3,(H,18,24). The predicted octanol–water partition coefficient (Wildman–Crippen LogP) is 2.06. The van der Waals surface area contributed by atoms with Crippen LogP contribution < -0.4 is 15.0 Å². The van der Waals surface area contributed by atoms with Gasteiger partial charge in [-0.2, -0.15) is 15.0 Å². The molecule has 1 aliphatic rings. The molecule has 8 nitrogen and oxygen atoms in total. The first kappa shape index (κ1) is 18.2. The van der Waals surface area contributed by atoms with E-state index in [9.17, 15) is 9.59 Å². The Morgan fingerprint density at radius 1 is 1.15 bits per heavy atom. The number of rotatable bonds is 6. The van der Waals surface area contributed by atoms with Crippen molar-refractivity contribution < 1.29 is 14.3 Å². The van der Waals surface area contributed by atoms with Gasteiger partial charge < -0.3 is 15.0 Å². The van der Waals surface area contributed by atoms with Gasteiger partial charge in [0.1, 0.15) is 0 Å². The number of methoxy groups -OCH3 is 1. The van der Waals surface area contributed by atoms with Crippen molar-refractivity contribution in [3.8, 4) is 6.01 Å². The quantitative estimate of drug-likeness (QED) is 0.772. The van der Waals surface area contributed by atoms with E-state index in [0.717, 1.165) is 25.9 Å². The molecule has 1 fully saturated rings. The van der Waals surface area contributed by atoms with Crippen molar-refractivity contribution in [3.05, 3.63) is 27.7 Å². The van der Waals surface area contributed by atoms with Crippen LogP contribution in [0.2, 0.25) is 0 Å². The van der Waals surface area contributed by atoms with E-state index in [4.69, 9.17) is 4.74 Å². The van der Waals surface area contributed by atoms with E-state index in [-0.39, 0.29) is 24.2 Å². The van der Waals surface area contributed by atoms with Gasteiger partial charge >= 0.3 is 6.01 Å². The average molecular weight is 375 g/mol. The van der Waals surface area contributed by atoms with E-state index in [2.05, 4.69) is 25.2 Å². The molecule has 3 rings (SSSR count). The van der Waals surface area contributed by atoms with Crippen LogP contribution >= 0.6 is 11.3 Å².